The number of hydrogen-bond acceptors (Lipinski definition) is 5. The Hall–Kier alpha value is -3.65. The molecule has 3 rings (SSSR count). The third-order valence-electron chi connectivity index (χ3n) is 8.15. The van der Waals surface area contributed by atoms with Gasteiger partial charge in [0.2, 0.25) is 5.91 Å². The van der Waals surface area contributed by atoms with Crippen molar-refractivity contribution in [3.63, 3.8) is 0 Å². The molecule has 0 aromatic heterocycles. The predicted octanol–water partition coefficient (Wildman–Crippen LogP) is 5.90. The lowest BCUT2D eigenvalue weighted by Gasteiger charge is -2.36. The van der Waals surface area contributed by atoms with E-state index in [-0.39, 0.29) is 19.6 Å². The molecule has 2 aromatic carbocycles. The van der Waals surface area contributed by atoms with E-state index in [0.29, 0.717) is 12.8 Å². The number of hydrogen-bond donors (Lipinski definition) is 2. The number of ether oxygens (including phenoxy) is 2. The summed E-state index contributed by atoms with van der Waals surface area (Å²) in [6, 6.07) is 9.74. The molecule has 1 aliphatic heterocycles. The number of aliphatic carboxylic acids is 1. The Morgan fingerprint density at radius 2 is 1.90 bits per heavy atom. The number of nitrogens with zero attached hydrogens (tertiary/aromatic N) is 1. The predicted molar refractivity (Wildman–Crippen MR) is 157 cm³/mol. The van der Waals surface area contributed by atoms with E-state index >= 15 is 0 Å². The van der Waals surface area contributed by atoms with Gasteiger partial charge in [-0.25, -0.2) is 9.59 Å². The average Bonchev–Trinajstić information content (AvgIpc) is 3.36. The van der Waals surface area contributed by atoms with Gasteiger partial charge in [-0.15, -0.1) is 6.58 Å². The molecule has 8 nitrogen and oxygen atoms in total. The van der Waals surface area contributed by atoms with Gasteiger partial charge in [-0.2, -0.15) is 0 Å². The molecule has 1 saturated heterocycles. The van der Waals surface area contributed by atoms with Crippen LogP contribution in [-0.2, 0) is 24.7 Å². The molecular weight excluding hydrogens is 508 g/mol. The van der Waals surface area contributed by atoms with Crippen LogP contribution in [0.3, 0.4) is 0 Å². The fourth-order valence-electron chi connectivity index (χ4n) is 5.15. The zero-order valence-electron chi connectivity index (χ0n) is 24.1. The Morgan fingerprint density at radius 3 is 2.52 bits per heavy atom. The second-order valence-electron chi connectivity index (χ2n) is 11.1. The summed E-state index contributed by atoms with van der Waals surface area (Å²) in [5.74, 6) is -1.60. The Kier molecular flexibility index (Phi) is 10.1. The number of nitrogens with one attached hydrogen (secondary N) is 1. The molecule has 1 fully saturated rings. The maximum Gasteiger partial charge on any atom is 0.407 e. The first-order valence-corrected chi connectivity index (χ1v) is 13.8. The van der Waals surface area contributed by atoms with Gasteiger partial charge in [-0.3, -0.25) is 4.79 Å². The minimum absolute atomic E-state index is 0.0283. The Labute approximate surface area is 237 Å². The quantitative estimate of drug-likeness (QED) is 0.238. The maximum atomic E-state index is 14.1. The molecule has 0 spiro atoms. The number of benzene rings is 2. The van der Waals surface area contributed by atoms with Gasteiger partial charge >= 0.3 is 12.1 Å². The van der Waals surface area contributed by atoms with Crippen molar-refractivity contribution in [3.05, 3.63) is 66.8 Å². The lowest BCUT2D eigenvalue weighted by Crippen LogP contribution is -2.57. The molecule has 8 heteroatoms. The highest BCUT2D eigenvalue weighted by atomic mass is 16.5. The molecule has 2 amide bonds. The van der Waals surface area contributed by atoms with Crippen LogP contribution in [0.4, 0.5) is 4.79 Å². The van der Waals surface area contributed by atoms with Crippen LogP contribution < -0.4 is 5.32 Å². The lowest BCUT2D eigenvalue weighted by atomic mass is 9.81. The number of amides is 2. The van der Waals surface area contributed by atoms with E-state index in [1.807, 2.05) is 63.2 Å². The van der Waals surface area contributed by atoms with Crippen molar-refractivity contribution in [2.45, 2.75) is 70.6 Å². The first kappa shape index (κ1) is 30.9. The second kappa shape index (κ2) is 13.1. The molecule has 40 heavy (non-hydrogen) atoms. The number of carboxylic acid groups (broad SMARTS) is 1. The summed E-state index contributed by atoms with van der Waals surface area (Å²) in [6.45, 7) is 13.4. The Morgan fingerprint density at radius 1 is 1.18 bits per heavy atom. The molecule has 0 aliphatic carbocycles. The van der Waals surface area contributed by atoms with Crippen molar-refractivity contribution in [1.82, 2.24) is 10.2 Å². The molecule has 2 aromatic rings. The van der Waals surface area contributed by atoms with E-state index < -0.39 is 41.1 Å². The topological polar surface area (TPSA) is 105 Å². The summed E-state index contributed by atoms with van der Waals surface area (Å²) in [5, 5.41) is 14.9. The SMILES string of the molecule is C=CCCCCOC(=O)N[C@H](C(=O)N1CC(OC)(c2ccc3ccc(C=C)cc3c2)CC1C(=O)O)C(C)(C)CC. The first-order valence-electron chi connectivity index (χ1n) is 13.8. The highest BCUT2D eigenvalue weighted by molar-refractivity contribution is 5.91. The Balaban J connectivity index is 1.91. The second-order valence-corrected chi connectivity index (χ2v) is 11.1. The van der Waals surface area contributed by atoms with Gasteiger partial charge in [0, 0.05) is 13.5 Å². The zero-order valence-corrected chi connectivity index (χ0v) is 24.1. The summed E-state index contributed by atoms with van der Waals surface area (Å²) in [6.07, 6.45) is 5.87. The fourth-order valence-corrected chi connectivity index (χ4v) is 5.15. The summed E-state index contributed by atoms with van der Waals surface area (Å²) < 4.78 is 11.3. The van der Waals surface area contributed by atoms with E-state index in [0.717, 1.165) is 34.7 Å². The van der Waals surface area contributed by atoms with Crippen molar-refractivity contribution >= 4 is 34.8 Å². The summed E-state index contributed by atoms with van der Waals surface area (Å²) in [5.41, 5.74) is 0.0445. The van der Waals surface area contributed by atoms with Crippen molar-refractivity contribution in [1.29, 1.82) is 0 Å². The molecule has 2 N–H and O–H groups in total. The molecule has 2 unspecified atom stereocenters. The number of carbonyl (C=O) groups is 3. The molecule has 0 radical (unpaired) electrons. The van der Waals surface area contributed by atoms with Crippen LogP contribution >= 0.6 is 0 Å². The molecule has 216 valence electrons. The zero-order chi connectivity index (χ0) is 29.5. The monoisotopic (exact) mass is 550 g/mol. The van der Waals surface area contributed by atoms with Crippen molar-refractivity contribution in [2.75, 3.05) is 20.3 Å². The van der Waals surface area contributed by atoms with Crippen molar-refractivity contribution in [3.8, 4) is 0 Å². The number of carboxylic acids is 1. The Bertz CT molecular complexity index is 1260. The fraction of sp³-hybridized carbons (Fsp3) is 0.469. The van der Waals surface area contributed by atoms with Gasteiger partial charge in [0.05, 0.1) is 13.2 Å². The first-order chi connectivity index (χ1) is 19.0. The van der Waals surface area contributed by atoms with Crippen LogP contribution in [0.1, 0.15) is 64.0 Å². The molecule has 1 heterocycles. The number of unbranched alkanes of at least 4 members (excludes halogenated alkanes) is 2. The summed E-state index contributed by atoms with van der Waals surface area (Å²) >= 11 is 0. The number of rotatable bonds is 13. The number of fused-ring (bicyclic) bond motifs is 1. The number of likely N-dealkylation sites (tertiary alicyclic amines) is 1. The van der Waals surface area contributed by atoms with Gasteiger partial charge < -0.3 is 24.8 Å². The largest absolute Gasteiger partial charge is 0.480 e. The van der Waals surface area contributed by atoms with Gasteiger partial charge in [0.15, 0.2) is 0 Å². The van der Waals surface area contributed by atoms with Crippen LogP contribution in [0.5, 0.6) is 0 Å². The van der Waals surface area contributed by atoms with Crippen LogP contribution in [0.2, 0.25) is 0 Å². The molecule has 0 bridgehead atoms. The molecule has 0 saturated carbocycles. The van der Waals surface area contributed by atoms with Crippen molar-refractivity contribution < 1.29 is 29.0 Å². The minimum atomic E-state index is -1.13. The highest BCUT2D eigenvalue weighted by Gasteiger charge is 2.53. The number of methoxy groups -OCH3 is 1. The maximum absolute atomic E-state index is 14.1. The molecule has 1 aliphatic rings. The van der Waals surface area contributed by atoms with E-state index in [1.165, 1.54) is 12.0 Å². The summed E-state index contributed by atoms with van der Waals surface area (Å²) in [7, 11) is 1.53. The molecular formula is C32H42N2O6. The normalized spacial score (nSPS) is 19.7. The number of carbonyl (C=O) groups excluding carboxylic acids is 2. The average molecular weight is 551 g/mol. The van der Waals surface area contributed by atoms with Crippen LogP contribution in [0.25, 0.3) is 16.8 Å². The molecule has 3 atom stereocenters. The third-order valence-corrected chi connectivity index (χ3v) is 8.15. The third kappa shape index (κ3) is 6.73. The van der Waals surface area contributed by atoms with Crippen LogP contribution in [-0.4, -0.2) is 60.3 Å². The summed E-state index contributed by atoms with van der Waals surface area (Å²) in [4.78, 5) is 40.6. The number of alkyl carbamates (subject to hydrolysis) is 1. The standard InChI is InChI=1S/C32H42N2O6/c1-7-10-11-12-17-40-30(38)33-27(31(4,5)9-3)28(35)34-21-32(39-6,20-26(34)29(36)37)25-16-15-23-14-13-22(8-2)18-24(23)19-25/h7-8,13-16,18-19,26-27H,1-2,9-12,17,20-21H2,3-6H3,(H,33,38)(H,36,37)/t26?,27-,32?/m1/s1. The van der Waals surface area contributed by atoms with E-state index in [4.69, 9.17) is 9.47 Å². The van der Waals surface area contributed by atoms with E-state index in [2.05, 4.69) is 18.5 Å². The van der Waals surface area contributed by atoms with Crippen LogP contribution in [0, 0.1) is 5.41 Å². The van der Waals surface area contributed by atoms with E-state index in [9.17, 15) is 19.5 Å². The minimum Gasteiger partial charge on any atom is -0.480 e. The van der Waals surface area contributed by atoms with E-state index in [1.54, 1.807) is 6.08 Å². The highest BCUT2D eigenvalue weighted by Crippen LogP contribution is 2.41. The van der Waals surface area contributed by atoms with Gasteiger partial charge in [0.25, 0.3) is 0 Å². The number of allylic oxidation sites excluding steroid dienone is 1. The van der Waals surface area contributed by atoms with Gasteiger partial charge in [-0.05, 0) is 65.1 Å². The van der Waals surface area contributed by atoms with Gasteiger partial charge in [0.1, 0.15) is 17.7 Å². The van der Waals surface area contributed by atoms with Gasteiger partial charge in [-0.1, -0.05) is 63.8 Å². The van der Waals surface area contributed by atoms with Crippen molar-refractivity contribution in [2.24, 2.45) is 5.41 Å². The lowest BCUT2D eigenvalue weighted by molar-refractivity contribution is -0.150. The smallest absolute Gasteiger partial charge is 0.407 e. The van der Waals surface area contributed by atoms with Crippen LogP contribution in [0.15, 0.2) is 55.6 Å².